The number of nitro benzene ring substituents is 1. The number of fused-ring (bicyclic) bond motifs is 2. The normalized spacial score (nSPS) is 35.7. The number of nitro groups is 1. The Labute approximate surface area is 149 Å². The minimum atomic E-state index is -0.544. The Balaban J connectivity index is 1.39. The van der Waals surface area contributed by atoms with E-state index in [1.54, 1.807) is 12.1 Å². The van der Waals surface area contributed by atoms with Crippen molar-refractivity contribution in [3.63, 3.8) is 0 Å². The molecule has 3 saturated carbocycles. The summed E-state index contributed by atoms with van der Waals surface area (Å²) in [7, 11) is 0. The number of benzene rings is 1. The van der Waals surface area contributed by atoms with Gasteiger partial charge in [0.05, 0.1) is 4.92 Å². The van der Waals surface area contributed by atoms with Gasteiger partial charge in [-0.2, -0.15) is 0 Å². The first kappa shape index (κ1) is 16.2. The third kappa shape index (κ3) is 2.68. The number of carbonyl (C=O) groups excluding carboxylic acids is 1. The Morgan fingerprint density at radius 2 is 1.79 bits per heavy atom. The van der Waals surface area contributed by atoms with Crippen molar-refractivity contribution in [1.29, 1.82) is 0 Å². The average molecular weight is 369 g/mol. The smallest absolute Gasteiger partial charge is 0.271 e. The van der Waals surface area contributed by atoms with Crippen LogP contribution in [0.25, 0.3) is 0 Å². The summed E-state index contributed by atoms with van der Waals surface area (Å²) in [4.78, 5) is 22.9. The summed E-state index contributed by atoms with van der Waals surface area (Å²) in [6.45, 7) is 0. The predicted octanol–water partition coefficient (Wildman–Crippen LogP) is 4.39. The molecule has 7 heteroatoms. The topological polar surface area (TPSA) is 72.2 Å². The Bertz CT molecular complexity index is 687. The van der Waals surface area contributed by atoms with Crippen LogP contribution in [0.2, 0.25) is 0 Å². The van der Waals surface area contributed by atoms with Crippen LogP contribution in [0.1, 0.15) is 25.7 Å². The van der Waals surface area contributed by atoms with Crippen LogP contribution in [0.4, 0.5) is 11.4 Å². The van der Waals surface area contributed by atoms with Gasteiger partial charge in [-0.1, -0.05) is 6.07 Å². The van der Waals surface area contributed by atoms with Crippen molar-refractivity contribution in [3.05, 3.63) is 34.4 Å². The van der Waals surface area contributed by atoms with E-state index in [1.807, 2.05) is 0 Å². The first-order chi connectivity index (χ1) is 11.4. The lowest BCUT2D eigenvalue weighted by molar-refractivity contribution is -0.384. The minimum Gasteiger partial charge on any atom is -0.326 e. The van der Waals surface area contributed by atoms with Crippen LogP contribution in [0.15, 0.2) is 24.3 Å². The van der Waals surface area contributed by atoms with Crippen molar-refractivity contribution in [2.24, 2.45) is 29.6 Å². The molecule has 1 N–H and O–H groups in total. The molecule has 4 rings (SSSR count). The van der Waals surface area contributed by atoms with E-state index in [4.69, 9.17) is 23.2 Å². The van der Waals surface area contributed by atoms with E-state index in [1.165, 1.54) is 12.1 Å². The average Bonchev–Trinajstić information content (AvgIpc) is 3.32. The number of amides is 1. The molecule has 0 spiro atoms. The third-order valence-corrected chi connectivity index (χ3v) is 7.07. The summed E-state index contributed by atoms with van der Waals surface area (Å²) in [6.07, 6.45) is 3.94. The van der Waals surface area contributed by atoms with Crippen molar-refractivity contribution in [2.45, 2.75) is 30.0 Å². The maximum Gasteiger partial charge on any atom is 0.271 e. The van der Waals surface area contributed by atoms with E-state index in [2.05, 4.69) is 5.32 Å². The number of hydrogen-bond acceptors (Lipinski definition) is 3. The highest BCUT2D eigenvalue weighted by Crippen LogP contribution is 2.67. The van der Waals surface area contributed by atoms with Crippen molar-refractivity contribution < 1.29 is 9.72 Å². The van der Waals surface area contributed by atoms with Crippen LogP contribution in [-0.2, 0) is 4.79 Å². The highest BCUT2D eigenvalue weighted by atomic mass is 35.5. The molecule has 0 aliphatic heterocycles. The second kappa shape index (κ2) is 5.60. The lowest BCUT2D eigenvalue weighted by atomic mass is 10.0. The van der Waals surface area contributed by atoms with E-state index in [9.17, 15) is 14.9 Å². The highest BCUT2D eigenvalue weighted by Gasteiger charge is 2.65. The van der Waals surface area contributed by atoms with E-state index < -0.39 is 9.26 Å². The highest BCUT2D eigenvalue weighted by molar-refractivity contribution is 6.51. The van der Waals surface area contributed by atoms with Gasteiger partial charge in [0.1, 0.15) is 4.33 Å². The van der Waals surface area contributed by atoms with Crippen LogP contribution in [0, 0.1) is 39.7 Å². The molecule has 3 aliphatic rings. The molecule has 0 heterocycles. The van der Waals surface area contributed by atoms with Gasteiger partial charge in [0.15, 0.2) is 0 Å². The maximum atomic E-state index is 12.5. The molecule has 0 radical (unpaired) electrons. The number of carbonyl (C=O) groups is 1. The lowest BCUT2D eigenvalue weighted by Gasteiger charge is -2.05. The molecule has 1 amide bonds. The zero-order chi connectivity index (χ0) is 17.1. The van der Waals surface area contributed by atoms with Gasteiger partial charge in [-0.25, -0.2) is 0 Å². The number of nitrogens with zero attached hydrogens (tertiary/aromatic N) is 1. The van der Waals surface area contributed by atoms with E-state index in [-0.39, 0.29) is 17.5 Å². The van der Waals surface area contributed by atoms with Crippen molar-refractivity contribution >= 4 is 40.5 Å². The first-order valence-electron chi connectivity index (χ1n) is 8.32. The van der Waals surface area contributed by atoms with Crippen LogP contribution in [0.3, 0.4) is 0 Å². The molecular formula is C17H18Cl2N2O3. The maximum absolute atomic E-state index is 12.5. The van der Waals surface area contributed by atoms with Gasteiger partial charge in [0.2, 0.25) is 5.91 Å². The lowest BCUT2D eigenvalue weighted by Crippen LogP contribution is -2.15. The molecule has 0 unspecified atom stereocenters. The minimum absolute atomic E-state index is 0.0156. The number of halogens is 2. The molecule has 24 heavy (non-hydrogen) atoms. The van der Waals surface area contributed by atoms with Gasteiger partial charge in [0, 0.05) is 23.7 Å². The summed E-state index contributed by atoms with van der Waals surface area (Å²) in [5.74, 6) is 1.54. The number of anilines is 1. The van der Waals surface area contributed by atoms with Crippen molar-refractivity contribution in [2.75, 3.05) is 5.32 Å². The van der Waals surface area contributed by atoms with Gasteiger partial charge < -0.3 is 5.32 Å². The van der Waals surface area contributed by atoms with E-state index in [0.29, 0.717) is 29.4 Å². The number of hydrogen-bond donors (Lipinski definition) is 1. The third-order valence-electron chi connectivity index (χ3n) is 5.95. The number of alkyl halides is 2. The molecule has 4 atom stereocenters. The van der Waals surface area contributed by atoms with Crippen LogP contribution < -0.4 is 5.32 Å². The fraction of sp³-hybridized carbons (Fsp3) is 0.588. The van der Waals surface area contributed by atoms with Crippen molar-refractivity contribution in [1.82, 2.24) is 0 Å². The summed E-state index contributed by atoms with van der Waals surface area (Å²) >= 11 is 12.6. The van der Waals surface area contributed by atoms with Gasteiger partial charge in [0.25, 0.3) is 5.69 Å². The quantitative estimate of drug-likeness (QED) is 0.488. The second-order valence-electron chi connectivity index (χ2n) is 7.19. The monoisotopic (exact) mass is 368 g/mol. The molecule has 1 aromatic rings. The number of non-ortho nitro benzene ring substituents is 1. The second-order valence-corrected chi connectivity index (χ2v) is 8.64. The molecule has 3 aliphatic carbocycles. The first-order valence-corrected chi connectivity index (χ1v) is 9.08. The molecule has 128 valence electrons. The number of nitrogens with one attached hydrogen (secondary N) is 1. The zero-order valence-electron chi connectivity index (χ0n) is 13.0. The molecule has 0 aromatic heterocycles. The Kier molecular flexibility index (Phi) is 3.77. The number of rotatable bonds is 3. The van der Waals surface area contributed by atoms with Crippen molar-refractivity contribution in [3.8, 4) is 0 Å². The predicted molar refractivity (Wildman–Crippen MR) is 92.1 cm³/mol. The van der Waals surface area contributed by atoms with Gasteiger partial charge in [-0.05, 0) is 55.4 Å². The molecule has 0 bridgehead atoms. The summed E-state index contributed by atoms with van der Waals surface area (Å²) < 4.78 is -0.544. The molecular weight excluding hydrogens is 351 g/mol. The van der Waals surface area contributed by atoms with E-state index >= 15 is 0 Å². The summed E-state index contributed by atoms with van der Waals surface area (Å²) in [6, 6.07) is 6.07. The van der Waals surface area contributed by atoms with Gasteiger partial charge in [-0.3, -0.25) is 14.9 Å². The van der Waals surface area contributed by atoms with Crippen LogP contribution in [-0.4, -0.2) is 15.2 Å². The molecule has 0 saturated heterocycles. The zero-order valence-corrected chi connectivity index (χ0v) is 14.5. The Morgan fingerprint density at radius 3 is 2.38 bits per heavy atom. The molecule has 1 aromatic carbocycles. The standard InChI is InChI=1S/C17H18Cl2N2O3/c18-17(19)13-6-4-11-12(5-7-14(13)17)15(11)16(22)20-9-2-1-3-10(8-9)21(23)24/h1-3,8,11-15H,4-7H2,(H,20,22)/t11-,12-,13-,14-/m1/s1. The fourth-order valence-electron chi connectivity index (χ4n) is 4.54. The largest absolute Gasteiger partial charge is 0.326 e. The Hall–Kier alpha value is -1.33. The molecule has 3 fully saturated rings. The summed E-state index contributed by atoms with van der Waals surface area (Å²) in [5.41, 5.74) is 0.465. The summed E-state index contributed by atoms with van der Waals surface area (Å²) in [5, 5.41) is 13.7. The molecule has 5 nitrogen and oxygen atoms in total. The SMILES string of the molecule is O=C(Nc1cccc([N+](=O)[O-])c1)C1[C@@H]2CC[C@@H]3[C@@H](CC[C@@H]12)C3(Cl)Cl. The van der Waals surface area contributed by atoms with E-state index in [0.717, 1.165) is 25.7 Å². The van der Waals surface area contributed by atoms with Crippen LogP contribution in [0.5, 0.6) is 0 Å². The van der Waals surface area contributed by atoms with Gasteiger partial charge >= 0.3 is 0 Å². The van der Waals surface area contributed by atoms with Crippen LogP contribution >= 0.6 is 23.2 Å². The fourth-order valence-corrected chi connectivity index (χ4v) is 5.45. The van der Waals surface area contributed by atoms with Gasteiger partial charge in [-0.15, -0.1) is 23.2 Å². The Morgan fingerprint density at radius 1 is 1.17 bits per heavy atom.